The van der Waals surface area contributed by atoms with Gasteiger partial charge in [0.15, 0.2) is 0 Å². The van der Waals surface area contributed by atoms with Crippen molar-refractivity contribution in [3.63, 3.8) is 0 Å². The third-order valence-electron chi connectivity index (χ3n) is 3.55. The average Bonchev–Trinajstić information content (AvgIpc) is 2.43. The molecule has 0 bridgehead atoms. The van der Waals surface area contributed by atoms with E-state index in [0.29, 0.717) is 5.02 Å². The number of aryl methyl sites for hydroxylation is 2. The van der Waals surface area contributed by atoms with Gasteiger partial charge in [-0.3, -0.25) is 0 Å². The molecule has 2 aromatic carbocycles. The van der Waals surface area contributed by atoms with Gasteiger partial charge >= 0.3 is 0 Å². The van der Waals surface area contributed by atoms with Crippen molar-refractivity contribution >= 4 is 33.2 Å². The molecule has 22 heavy (non-hydrogen) atoms. The Bertz CT molecular complexity index is 804. The van der Waals surface area contributed by atoms with Crippen molar-refractivity contribution in [3.05, 3.63) is 63.1 Å². The summed E-state index contributed by atoms with van der Waals surface area (Å²) in [4.78, 5) is -0.0163. The summed E-state index contributed by atoms with van der Waals surface area (Å²) in [5, 5.41) is 0.466. The first-order valence-corrected chi connectivity index (χ1v) is 8.99. The summed E-state index contributed by atoms with van der Waals surface area (Å²) in [5.41, 5.74) is 3.17. The third-order valence-corrected chi connectivity index (χ3v) is 5.80. The van der Waals surface area contributed by atoms with E-state index in [9.17, 15) is 8.42 Å². The molecule has 118 valence electrons. The van der Waals surface area contributed by atoms with E-state index >= 15 is 0 Å². The molecule has 0 heterocycles. The molecule has 1 unspecified atom stereocenters. The molecule has 0 aliphatic carbocycles. The first kappa shape index (κ1) is 17.3. The molecule has 2 rings (SSSR count). The minimum atomic E-state index is -3.75. The highest BCUT2D eigenvalue weighted by molar-refractivity contribution is 7.89. The van der Waals surface area contributed by atoms with Crippen LogP contribution >= 0.6 is 23.2 Å². The van der Waals surface area contributed by atoms with E-state index in [2.05, 4.69) is 4.72 Å². The van der Waals surface area contributed by atoms with E-state index in [4.69, 9.17) is 23.2 Å². The van der Waals surface area contributed by atoms with Gasteiger partial charge in [0.2, 0.25) is 10.0 Å². The highest BCUT2D eigenvalue weighted by Gasteiger charge is 2.21. The quantitative estimate of drug-likeness (QED) is 0.865. The topological polar surface area (TPSA) is 46.2 Å². The highest BCUT2D eigenvalue weighted by Crippen LogP contribution is 2.26. The number of hydrogen-bond donors (Lipinski definition) is 1. The van der Waals surface area contributed by atoms with E-state index in [-0.39, 0.29) is 16.0 Å². The molecule has 0 saturated carbocycles. The second-order valence-electron chi connectivity index (χ2n) is 5.26. The summed E-state index contributed by atoms with van der Waals surface area (Å²) in [6.07, 6.45) is 0. The van der Waals surface area contributed by atoms with Crippen LogP contribution in [0.15, 0.2) is 41.3 Å². The lowest BCUT2D eigenvalue weighted by Crippen LogP contribution is -2.27. The molecule has 1 N–H and O–H groups in total. The first-order chi connectivity index (χ1) is 10.2. The summed E-state index contributed by atoms with van der Waals surface area (Å²) >= 11 is 11.8. The van der Waals surface area contributed by atoms with Crippen LogP contribution in [0.4, 0.5) is 0 Å². The summed E-state index contributed by atoms with van der Waals surface area (Å²) in [5.74, 6) is 0. The van der Waals surface area contributed by atoms with Crippen LogP contribution in [0.25, 0.3) is 0 Å². The molecular weight excluding hydrogens is 341 g/mol. The Morgan fingerprint density at radius 2 is 1.68 bits per heavy atom. The lowest BCUT2D eigenvalue weighted by molar-refractivity contribution is 0.567. The second kappa shape index (κ2) is 6.59. The molecule has 0 aliphatic heterocycles. The molecule has 6 heteroatoms. The van der Waals surface area contributed by atoms with Crippen molar-refractivity contribution in [2.75, 3.05) is 0 Å². The van der Waals surface area contributed by atoms with Crippen molar-refractivity contribution in [2.24, 2.45) is 0 Å². The third kappa shape index (κ3) is 3.82. The monoisotopic (exact) mass is 357 g/mol. The summed E-state index contributed by atoms with van der Waals surface area (Å²) in [6, 6.07) is 9.85. The van der Waals surface area contributed by atoms with Crippen LogP contribution in [0, 0.1) is 13.8 Å². The van der Waals surface area contributed by atoms with Crippen LogP contribution in [-0.2, 0) is 10.0 Å². The predicted molar refractivity (Wildman–Crippen MR) is 91.1 cm³/mol. The number of sulfonamides is 1. The Kier molecular flexibility index (Phi) is 5.17. The SMILES string of the molecule is Cc1ccc(C(C)NS(=O)(=O)c2cc(Cl)ccc2Cl)cc1C. The standard InChI is InChI=1S/C16H17Cl2NO2S/c1-10-4-5-13(8-11(10)2)12(3)19-22(20,21)16-9-14(17)6-7-15(16)18/h4-9,12,19H,1-3H3. The van der Waals surface area contributed by atoms with Crippen LogP contribution in [0.2, 0.25) is 10.0 Å². The molecule has 0 fully saturated rings. The molecule has 0 aliphatic rings. The van der Waals surface area contributed by atoms with E-state index in [1.807, 2.05) is 32.0 Å². The van der Waals surface area contributed by atoms with Gasteiger partial charge in [-0.05, 0) is 55.7 Å². The van der Waals surface area contributed by atoms with Gasteiger partial charge in [0, 0.05) is 11.1 Å². The summed E-state index contributed by atoms with van der Waals surface area (Å²) in [6.45, 7) is 5.80. The van der Waals surface area contributed by atoms with Crippen LogP contribution in [0.1, 0.15) is 29.7 Å². The fraction of sp³-hybridized carbons (Fsp3) is 0.250. The number of rotatable bonds is 4. The lowest BCUT2D eigenvalue weighted by Gasteiger charge is -2.16. The Morgan fingerprint density at radius 1 is 1.00 bits per heavy atom. The zero-order valence-electron chi connectivity index (χ0n) is 12.5. The van der Waals surface area contributed by atoms with Crippen LogP contribution in [0.5, 0.6) is 0 Å². The maximum absolute atomic E-state index is 12.5. The second-order valence-corrected chi connectivity index (χ2v) is 7.79. The minimum Gasteiger partial charge on any atom is -0.207 e. The van der Waals surface area contributed by atoms with Crippen molar-refractivity contribution in [1.82, 2.24) is 4.72 Å². The molecule has 0 aromatic heterocycles. The van der Waals surface area contributed by atoms with E-state index in [1.165, 1.54) is 12.1 Å². The largest absolute Gasteiger partial charge is 0.242 e. The molecule has 0 radical (unpaired) electrons. The van der Waals surface area contributed by atoms with Gasteiger partial charge in [0.25, 0.3) is 0 Å². The summed E-state index contributed by atoms with van der Waals surface area (Å²) < 4.78 is 27.6. The van der Waals surface area contributed by atoms with E-state index in [0.717, 1.165) is 16.7 Å². The average molecular weight is 358 g/mol. The van der Waals surface area contributed by atoms with Crippen LogP contribution in [0.3, 0.4) is 0 Å². The van der Waals surface area contributed by atoms with Gasteiger partial charge in [-0.1, -0.05) is 41.4 Å². The number of benzene rings is 2. The van der Waals surface area contributed by atoms with Crippen molar-refractivity contribution in [1.29, 1.82) is 0 Å². The van der Waals surface area contributed by atoms with Gasteiger partial charge in [-0.2, -0.15) is 0 Å². The van der Waals surface area contributed by atoms with Crippen LogP contribution in [-0.4, -0.2) is 8.42 Å². The molecule has 2 aromatic rings. The van der Waals surface area contributed by atoms with Crippen LogP contribution < -0.4 is 4.72 Å². The van der Waals surface area contributed by atoms with E-state index < -0.39 is 10.0 Å². The zero-order valence-corrected chi connectivity index (χ0v) is 14.9. The fourth-order valence-corrected chi connectivity index (χ4v) is 4.08. The fourth-order valence-electron chi connectivity index (χ4n) is 2.08. The van der Waals surface area contributed by atoms with Crippen molar-refractivity contribution in [3.8, 4) is 0 Å². The number of nitrogens with one attached hydrogen (secondary N) is 1. The van der Waals surface area contributed by atoms with Gasteiger partial charge in [0.05, 0.1) is 5.02 Å². The first-order valence-electron chi connectivity index (χ1n) is 6.75. The number of hydrogen-bond acceptors (Lipinski definition) is 2. The molecule has 3 nitrogen and oxygen atoms in total. The van der Waals surface area contributed by atoms with E-state index in [1.54, 1.807) is 13.0 Å². The van der Waals surface area contributed by atoms with Gasteiger partial charge in [-0.25, -0.2) is 13.1 Å². The van der Waals surface area contributed by atoms with Crippen molar-refractivity contribution in [2.45, 2.75) is 31.7 Å². The highest BCUT2D eigenvalue weighted by atomic mass is 35.5. The lowest BCUT2D eigenvalue weighted by atomic mass is 10.0. The zero-order chi connectivity index (χ0) is 16.5. The van der Waals surface area contributed by atoms with Gasteiger partial charge in [-0.15, -0.1) is 0 Å². The normalized spacial score (nSPS) is 13.1. The maximum atomic E-state index is 12.5. The Morgan fingerprint density at radius 3 is 2.32 bits per heavy atom. The Balaban J connectivity index is 2.31. The maximum Gasteiger partial charge on any atom is 0.242 e. The van der Waals surface area contributed by atoms with Gasteiger partial charge < -0.3 is 0 Å². The summed E-state index contributed by atoms with van der Waals surface area (Å²) in [7, 11) is -3.75. The number of halogens is 2. The van der Waals surface area contributed by atoms with Gasteiger partial charge in [0.1, 0.15) is 4.90 Å². The molecule has 0 saturated heterocycles. The predicted octanol–water partition coefficient (Wildman–Crippen LogP) is 4.65. The Hall–Kier alpha value is -1.07. The Labute approximate surface area is 141 Å². The molecule has 0 amide bonds. The smallest absolute Gasteiger partial charge is 0.207 e. The molecular formula is C16H17Cl2NO2S. The molecule has 1 atom stereocenters. The van der Waals surface area contributed by atoms with Crippen molar-refractivity contribution < 1.29 is 8.42 Å². The molecule has 0 spiro atoms. The minimum absolute atomic E-state index is 0.0163.